The second-order valence-electron chi connectivity index (χ2n) is 6.21. The SMILES string of the molecule is N#Cc1c(-c2cc3c(cc2[N+](=O)[O-])OCO3)cc(-c2ccc([N+](=O)[O-])cc2)nc1N. The Morgan fingerprint density at radius 2 is 1.67 bits per heavy atom. The summed E-state index contributed by atoms with van der Waals surface area (Å²) in [5.41, 5.74) is 6.59. The van der Waals surface area contributed by atoms with Crippen LogP contribution in [0.3, 0.4) is 0 Å². The fraction of sp³-hybridized carbons (Fsp3) is 0.0526. The molecule has 4 rings (SSSR count). The molecule has 0 saturated heterocycles. The summed E-state index contributed by atoms with van der Waals surface area (Å²) in [6.07, 6.45) is 0. The number of hydrogen-bond donors (Lipinski definition) is 1. The lowest BCUT2D eigenvalue weighted by atomic mass is 9.96. The molecule has 11 heteroatoms. The zero-order valence-corrected chi connectivity index (χ0v) is 15.1. The maximum Gasteiger partial charge on any atom is 0.281 e. The van der Waals surface area contributed by atoms with Crippen LogP contribution in [0.5, 0.6) is 11.5 Å². The van der Waals surface area contributed by atoms with Crippen molar-refractivity contribution in [1.29, 1.82) is 5.26 Å². The molecule has 1 aromatic heterocycles. The third-order valence-corrected chi connectivity index (χ3v) is 4.51. The Morgan fingerprint density at radius 1 is 1.00 bits per heavy atom. The van der Waals surface area contributed by atoms with Crippen LogP contribution < -0.4 is 15.2 Å². The molecule has 0 unspecified atom stereocenters. The van der Waals surface area contributed by atoms with Crippen LogP contribution in [-0.2, 0) is 0 Å². The van der Waals surface area contributed by atoms with E-state index in [-0.39, 0.29) is 46.4 Å². The highest BCUT2D eigenvalue weighted by Gasteiger charge is 2.27. The second-order valence-corrected chi connectivity index (χ2v) is 6.21. The lowest BCUT2D eigenvalue weighted by Gasteiger charge is -2.11. The third-order valence-electron chi connectivity index (χ3n) is 4.51. The van der Waals surface area contributed by atoms with Crippen LogP contribution in [0.1, 0.15) is 5.56 Å². The van der Waals surface area contributed by atoms with Crippen LogP contribution in [-0.4, -0.2) is 21.6 Å². The van der Waals surface area contributed by atoms with Gasteiger partial charge in [-0.15, -0.1) is 0 Å². The number of pyridine rings is 1. The van der Waals surface area contributed by atoms with Gasteiger partial charge in [-0.3, -0.25) is 20.2 Å². The Labute approximate surface area is 168 Å². The van der Waals surface area contributed by atoms with Crippen LogP contribution in [0, 0.1) is 31.6 Å². The van der Waals surface area contributed by atoms with Gasteiger partial charge in [-0.05, 0) is 24.3 Å². The molecule has 0 atom stereocenters. The summed E-state index contributed by atoms with van der Waals surface area (Å²) in [5.74, 6) is 0.392. The highest BCUT2D eigenvalue weighted by Crippen LogP contribution is 2.44. The summed E-state index contributed by atoms with van der Waals surface area (Å²) in [6, 6.07) is 11.6. The van der Waals surface area contributed by atoms with Crippen molar-refractivity contribution in [3.63, 3.8) is 0 Å². The van der Waals surface area contributed by atoms with Gasteiger partial charge in [0.2, 0.25) is 6.79 Å². The Balaban J connectivity index is 1.94. The summed E-state index contributed by atoms with van der Waals surface area (Å²) < 4.78 is 10.5. The Hall–Kier alpha value is -4.72. The minimum atomic E-state index is -0.597. The minimum absolute atomic E-state index is 0.0392. The molecule has 11 nitrogen and oxygen atoms in total. The van der Waals surface area contributed by atoms with Gasteiger partial charge < -0.3 is 15.2 Å². The number of nitro benzene ring substituents is 2. The third kappa shape index (κ3) is 3.08. The number of nitrogen functional groups attached to an aromatic ring is 1. The molecule has 0 radical (unpaired) electrons. The number of fused-ring (bicyclic) bond motifs is 1. The number of anilines is 1. The first-order chi connectivity index (χ1) is 14.4. The normalized spacial score (nSPS) is 11.7. The van der Waals surface area contributed by atoms with Crippen molar-refractivity contribution < 1.29 is 19.3 Å². The van der Waals surface area contributed by atoms with Gasteiger partial charge in [-0.1, -0.05) is 0 Å². The number of nitrogens with two attached hydrogens (primary N) is 1. The van der Waals surface area contributed by atoms with Crippen molar-refractivity contribution in [2.75, 3.05) is 12.5 Å². The maximum atomic E-state index is 11.7. The number of hydrogen-bond acceptors (Lipinski definition) is 9. The van der Waals surface area contributed by atoms with E-state index in [0.29, 0.717) is 17.0 Å². The predicted molar refractivity (Wildman–Crippen MR) is 104 cm³/mol. The van der Waals surface area contributed by atoms with Gasteiger partial charge in [0.25, 0.3) is 11.4 Å². The summed E-state index contributed by atoms with van der Waals surface area (Å²) in [5, 5.41) is 32.1. The zero-order chi connectivity index (χ0) is 21.4. The maximum absolute atomic E-state index is 11.7. The van der Waals surface area contributed by atoms with Crippen LogP contribution in [0.4, 0.5) is 17.2 Å². The average Bonchev–Trinajstić information content (AvgIpc) is 3.19. The number of ether oxygens (including phenoxy) is 2. The molecule has 1 aliphatic rings. The molecule has 148 valence electrons. The fourth-order valence-electron chi connectivity index (χ4n) is 3.09. The van der Waals surface area contributed by atoms with E-state index in [0.717, 1.165) is 0 Å². The van der Waals surface area contributed by atoms with Crippen molar-refractivity contribution in [3.05, 3.63) is 68.3 Å². The Bertz CT molecular complexity index is 1250. The molecule has 0 amide bonds. The Morgan fingerprint density at radius 3 is 2.27 bits per heavy atom. The van der Waals surface area contributed by atoms with Crippen LogP contribution >= 0.6 is 0 Å². The first-order valence-corrected chi connectivity index (χ1v) is 8.43. The predicted octanol–water partition coefficient (Wildman–Crippen LogP) is 3.41. The smallest absolute Gasteiger partial charge is 0.281 e. The number of benzene rings is 2. The summed E-state index contributed by atoms with van der Waals surface area (Å²) >= 11 is 0. The van der Waals surface area contributed by atoms with E-state index in [9.17, 15) is 25.5 Å². The summed E-state index contributed by atoms with van der Waals surface area (Å²) in [6.45, 7) is -0.0758. The monoisotopic (exact) mass is 405 g/mol. The highest BCUT2D eigenvalue weighted by atomic mass is 16.7. The van der Waals surface area contributed by atoms with Crippen molar-refractivity contribution in [2.45, 2.75) is 0 Å². The average molecular weight is 405 g/mol. The standard InChI is InChI=1S/C19H11N5O6/c20-8-14-12(13-6-17-18(30-9-29-17)7-16(13)24(27)28)5-15(22-19(14)21)10-1-3-11(4-2-10)23(25)26/h1-7H,9H2,(H2,21,22). The number of aromatic nitrogens is 1. The van der Waals surface area contributed by atoms with Gasteiger partial charge in [0.15, 0.2) is 11.5 Å². The molecular weight excluding hydrogens is 394 g/mol. The number of rotatable bonds is 4. The molecule has 3 aromatic rings. The van der Waals surface area contributed by atoms with Gasteiger partial charge >= 0.3 is 0 Å². The molecule has 0 aliphatic carbocycles. The van der Waals surface area contributed by atoms with E-state index in [1.54, 1.807) is 0 Å². The molecular formula is C19H11N5O6. The molecule has 2 heterocycles. The molecule has 2 N–H and O–H groups in total. The summed E-state index contributed by atoms with van der Waals surface area (Å²) in [7, 11) is 0. The lowest BCUT2D eigenvalue weighted by Crippen LogP contribution is -2.01. The number of non-ortho nitro benzene ring substituents is 1. The topological polar surface area (TPSA) is 167 Å². The van der Waals surface area contributed by atoms with Crippen molar-refractivity contribution in [3.8, 4) is 40.0 Å². The van der Waals surface area contributed by atoms with Gasteiger partial charge in [0.1, 0.15) is 17.5 Å². The van der Waals surface area contributed by atoms with Crippen LogP contribution in [0.15, 0.2) is 42.5 Å². The molecule has 1 aliphatic heterocycles. The number of nitrogens with zero attached hydrogens (tertiary/aromatic N) is 4. The second kappa shape index (κ2) is 7.02. The minimum Gasteiger partial charge on any atom is -0.454 e. The number of nitriles is 1. The first kappa shape index (κ1) is 18.6. The first-order valence-electron chi connectivity index (χ1n) is 8.43. The molecule has 0 bridgehead atoms. The Kier molecular flexibility index (Phi) is 4.36. The van der Waals surface area contributed by atoms with Gasteiger partial charge in [0.05, 0.1) is 27.2 Å². The van der Waals surface area contributed by atoms with Gasteiger partial charge in [-0.2, -0.15) is 5.26 Å². The van der Waals surface area contributed by atoms with Crippen molar-refractivity contribution in [1.82, 2.24) is 4.98 Å². The van der Waals surface area contributed by atoms with E-state index < -0.39 is 9.85 Å². The molecule has 0 saturated carbocycles. The van der Waals surface area contributed by atoms with Crippen LogP contribution in [0.2, 0.25) is 0 Å². The molecule has 30 heavy (non-hydrogen) atoms. The quantitative estimate of drug-likeness (QED) is 0.505. The van der Waals surface area contributed by atoms with E-state index in [1.807, 2.05) is 6.07 Å². The molecule has 2 aromatic carbocycles. The lowest BCUT2D eigenvalue weighted by molar-refractivity contribution is -0.384. The van der Waals surface area contributed by atoms with E-state index >= 15 is 0 Å². The molecule has 0 fully saturated rings. The zero-order valence-electron chi connectivity index (χ0n) is 15.1. The van der Waals surface area contributed by atoms with E-state index in [2.05, 4.69) is 4.98 Å². The van der Waals surface area contributed by atoms with Crippen LogP contribution in [0.25, 0.3) is 22.4 Å². The van der Waals surface area contributed by atoms with E-state index in [1.165, 1.54) is 42.5 Å². The largest absolute Gasteiger partial charge is 0.454 e. The highest BCUT2D eigenvalue weighted by molar-refractivity contribution is 5.86. The van der Waals surface area contributed by atoms with Gasteiger partial charge in [-0.25, -0.2) is 4.98 Å². The van der Waals surface area contributed by atoms with Crippen molar-refractivity contribution >= 4 is 17.2 Å². The summed E-state index contributed by atoms with van der Waals surface area (Å²) in [4.78, 5) is 25.6. The van der Waals surface area contributed by atoms with E-state index in [4.69, 9.17) is 15.2 Å². The van der Waals surface area contributed by atoms with Gasteiger partial charge in [0, 0.05) is 23.3 Å². The van der Waals surface area contributed by atoms with Crippen molar-refractivity contribution in [2.24, 2.45) is 0 Å². The number of nitro groups is 2. The fourth-order valence-corrected chi connectivity index (χ4v) is 3.09. The molecule has 0 spiro atoms.